The molecule has 0 radical (unpaired) electrons. The molecule has 1 N–H and O–H groups in total. The highest BCUT2D eigenvalue weighted by atomic mass is 16.6. The van der Waals surface area contributed by atoms with Gasteiger partial charge in [0.2, 0.25) is 5.78 Å². The highest BCUT2D eigenvalue weighted by molar-refractivity contribution is 6.46. The van der Waals surface area contributed by atoms with Gasteiger partial charge in [-0.2, -0.15) is 0 Å². The van der Waals surface area contributed by atoms with E-state index in [1.807, 2.05) is 19.1 Å². The van der Waals surface area contributed by atoms with E-state index in [-0.39, 0.29) is 17.7 Å². The van der Waals surface area contributed by atoms with Crippen LogP contribution in [0.4, 0.5) is 0 Å². The van der Waals surface area contributed by atoms with Crippen LogP contribution < -0.4 is 24.3 Å². The van der Waals surface area contributed by atoms with Gasteiger partial charge in [-0.25, -0.2) is 4.98 Å². The van der Waals surface area contributed by atoms with Gasteiger partial charge in [-0.1, -0.05) is 24.0 Å². The van der Waals surface area contributed by atoms with Crippen molar-refractivity contribution in [1.29, 1.82) is 0 Å². The van der Waals surface area contributed by atoms with Gasteiger partial charge in [0.25, 0.3) is 5.91 Å². The number of benzene rings is 2. The van der Waals surface area contributed by atoms with Crippen molar-refractivity contribution in [2.24, 2.45) is 0 Å². The van der Waals surface area contributed by atoms with Gasteiger partial charge in [-0.05, 0) is 48.4 Å². The number of ketones is 1. The van der Waals surface area contributed by atoms with E-state index in [1.165, 1.54) is 4.90 Å². The largest absolute Gasteiger partial charge is 0.872 e. The number of pyridine rings is 1. The molecule has 3 heterocycles. The van der Waals surface area contributed by atoms with E-state index in [9.17, 15) is 14.7 Å². The molecule has 0 spiro atoms. The summed E-state index contributed by atoms with van der Waals surface area (Å²) in [6, 6.07) is 14.7. The molecule has 0 saturated carbocycles. The van der Waals surface area contributed by atoms with E-state index in [0.717, 1.165) is 5.56 Å². The number of fused-ring (bicyclic) bond motifs is 1. The molecule has 0 aliphatic carbocycles. The van der Waals surface area contributed by atoms with Crippen molar-refractivity contribution >= 4 is 17.4 Å². The Hall–Kier alpha value is -4.33. The first kappa shape index (κ1) is 22.5. The monoisotopic (exact) mass is 472 g/mol. The topological polar surface area (TPSA) is 102 Å². The Labute approximate surface area is 202 Å². The Kier molecular flexibility index (Phi) is 6.10. The van der Waals surface area contributed by atoms with Crippen LogP contribution in [-0.2, 0) is 16.1 Å². The van der Waals surface area contributed by atoms with Crippen molar-refractivity contribution in [3.05, 3.63) is 89.3 Å². The van der Waals surface area contributed by atoms with Crippen molar-refractivity contribution < 1.29 is 33.9 Å². The van der Waals surface area contributed by atoms with Crippen LogP contribution in [0.15, 0.2) is 72.6 Å². The quantitative estimate of drug-likeness (QED) is 0.309. The van der Waals surface area contributed by atoms with E-state index in [2.05, 4.69) is 4.98 Å². The summed E-state index contributed by atoms with van der Waals surface area (Å²) in [5.41, 5.74) is 1.58. The number of aromatic nitrogens is 1. The maximum absolute atomic E-state index is 13.7. The zero-order valence-electron chi connectivity index (χ0n) is 19.2. The zero-order chi connectivity index (χ0) is 24.4. The molecule has 2 aromatic carbocycles. The first-order valence-electron chi connectivity index (χ1n) is 11.4. The van der Waals surface area contributed by atoms with Crippen LogP contribution >= 0.6 is 0 Å². The van der Waals surface area contributed by atoms with E-state index in [0.29, 0.717) is 42.6 Å². The molecule has 1 amide bonds. The number of hydrogen-bond donors (Lipinski definition) is 0. The Morgan fingerprint density at radius 1 is 1.09 bits per heavy atom. The summed E-state index contributed by atoms with van der Waals surface area (Å²) >= 11 is 0. The Morgan fingerprint density at radius 2 is 1.91 bits per heavy atom. The number of hydrogen-bond acceptors (Lipinski definition) is 6. The van der Waals surface area contributed by atoms with Crippen molar-refractivity contribution in [3.8, 4) is 17.2 Å². The number of H-pyrrole nitrogens is 1. The fourth-order valence-electron chi connectivity index (χ4n) is 4.39. The number of ether oxygens (including phenoxy) is 3. The number of amides is 1. The van der Waals surface area contributed by atoms with Crippen LogP contribution in [0.2, 0.25) is 0 Å². The van der Waals surface area contributed by atoms with Crippen LogP contribution in [0, 0.1) is 0 Å². The first-order chi connectivity index (χ1) is 17.1. The lowest BCUT2D eigenvalue weighted by atomic mass is 9.95. The Bertz CT molecular complexity index is 1300. The number of nitrogens with one attached hydrogen (secondary N) is 1. The summed E-state index contributed by atoms with van der Waals surface area (Å²) in [7, 11) is 0. The third-order valence-electron chi connectivity index (χ3n) is 5.94. The van der Waals surface area contributed by atoms with Gasteiger partial charge >= 0.3 is 0 Å². The highest BCUT2D eigenvalue weighted by Crippen LogP contribution is 2.41. The second-order valence-electron chi connectivity index (χ2n) is 8.18. The molecule has 1 unspecified atom stereocenters. The molecule has 3 aromatic rings. The van der Waals surface area contributed by atoms with E-state index < -0.39 is 23.5 Å². The average Bonchev–Trinajstić information content (AvgIpc) is 3.14. The Balaban J connectivity index is 1.63. The maximum Gasteiger partial charge on any atom is 0.295 e. The summed E-state index contributed by atoms with van der Waals surface area (Å²) in [6.07, 6.45) is 3.51. The molecule has 1 aromatic heterocycles. The maximum atomic E-state index is 13.7. The van der Waals surface area contributed by atoms with Crippen LogP contribution in [-0.4, -0.2) is 36.4 Å². The molecule has 8 heteroatoms. The van der Waals surface area contributed by atoms with Crippen LogP contribution in [0.25, 0.3) is 5.76 Å². The number of rotatable bonds is 6. The normalized spacial score (nSPS) is 18.5. The summed E-state index contributed by atoms with van der Waals surface area (Å²) in [4.78, 5) is 30.9. The molecular weight excluding hydrogens is 448 g/mol. The fourth-order valence-corrected chi connectivity index (χ4v) is 4.39. The minimum Gasteiger partial charge on any atom is -0.872 e. The molecule has 5 rings (SSSR count). The van der Waals surface area contributed by atoms with Crippen LogP contribution in [0.3, 0.4) is 0 Å². The predicted molar refractivity (Wildman–Crippen MR) is 123 cm³/mol. The van der Waals surface area contributed by atoms with Crippen molar-refractivity contribution in [2.45, 2.75) is 19.5 Å². The molecule has 2 aliphatic heterocycles. The average molecular weight is 472 g/mol. The van der Waals surface area contributed by atoms with Gasteiger partial charge in [0.1, 0.15) is 19.0 Å². The molecule has 0 bridgehead atoms. The van der Waals surface area contributed by atoms with Gasteiger partial charge < -0.3 is 24.2 Å². The number of Topliss-reactive ketones (excluding diaryl/α,β-unsaturated/α-hetero) is 1. The number of aromatic amines is 1. The molecule has 1 saturated heterocycles. The van der Waals surface area contributed by atoms with Gasteiger partial charge in [0.05, 0.1) is 19.2 Å². The molecule has 1 fully saturated rings. The first-order valence-corrected chi connectivity index (χ1v) is 11.4. The van der Waals surface area contributed by atoms with E-state index in [1.54, 1.807) is 54.9 Å². The number of likely N-dealkylation sites (tertiary alicyclic amines) is 1. The molecule has 2 aliphatic rings. The summed E-state index contributed by atoms with van der Waals surface area (Å²) in [5, 5.41) is 13.7. The minimum absolute atomic E-state index is 0.0970. The van der Waals surface area contributed by atoms with Gasteiger partial charge in [-0.15, -0.1) is 0 Å². The predicted octanol–water partition coefficient (Wildman–Crippen LogP) is 2.09. The lowest BCUT2D eigenvalue weighted by Gasteiger charge is -2.28. The van der Waals surface area contributed by atoms with E-state index in [4.69, 9.17) is 14.2 Å². The Morgan fingerprint density at radius 3 is 2.69 bits per heavy atom. The summed E-state index contributed by atoms with van der Waals surface area (Å²) in [5.74, 6) is -0.482. The van der Waals surface area contributed by atoms with Gasteiger partial charge in [-0.3, -0.25) is 9.59 Å². The second-order valence-corrected chi connectivity index (χ2v) is 8.18. The van der Waals surface area contributed by atoms with Crippen molar-refractivity contribution in [1.82, 2.24) is 4.90 Å². The third-order valence-corrected chi connectivity index (χ3v) is 5.94. The van der Waals surface area contributed by atoms with Crippen LogP contribution in [0.5, 0.6) is 17.2 Å². The summed E-state index contributed by atoms with van der Waals surface area (Å²) in [6.45, 7) is 3.28. The van der Waals surface area contributed by atoms with E-state index >= 15 is 0 Å². The molecule has 1 atom stereocenters. The number of nitrogens with zero attached hydrogens (tertiary/aromatic N) is 1. The molecule has 178 valence electrons. The zero-order valence-corrected chi connectivity index (χ0v) is 19.2. The SMILES string of the molecule is CCOc1cccc(C2C(=C([O-])c3ccc4c(c3)OCCO4)C(=O)C(=O)N2Cc2ccc[nH+]c2)c1. The lowest BCUT2D eigenvalue weighted by Crippen LogP contribution is -2.29. The van der Waals surface area contributed by atoms with Crippen molar-refractivity contribution in [2.75, 3.05) is 19.8 Å². The van der Waals surface area contributed by atoms with Crippen LogP contribution in [0.1, 0.15) is 29.7 Å². The molecule has 35 heavy (non-hydrogen) atoms. The smallest absolute Gasteiger partial charge is 0.295 e. The lowest BCUT2D eigenvalue weighted by molar-refractivity contribution is -0.378. The molecular formula is C27H24N2O6. The number of carbonyl (C=O) groups is 2. The van der Waals surface area contributed by atoms with Gasteiger partial charge in [0, 0.05) is 17.2 Å². The van der Waals surface area contributed by atoms with Gasteiger partial charge in [0.15, 0.2) is 23.9 Å². The minimum atomic E-state index is -0.865. The fraction of sp³-hybridized carbons (Fsp3) is 0.222. The number of carbonyl (C=O) groups excluding carboxylic acids is 2. The second kappa shape index (κ2) is 9.50. The van der Waals surface area contributed by atoms with Crippen molar-refractivity contribution in [3.63, 3.8) is 0 Å². The third kappa shape index (κ3) is 4.30. The standard InChI is InChI=1S/C27H24N2O6/c1-2-33-20-7-3-6-18(13-20)24-23(25(30)19-8-9-21-22(14-19)35-12-11-34-21)26(31)27(32)29(24)16-17-5-4-10-28-15-17/h3-10,13-15,24,30H,2,11-12,16H2,1H3. The molecule has 8 nitrogen and oxygen atoms in total. The highest BCUT2D eigenvalue weighted by Gasteiger charge is 2.44. The summed E-state index contributed by atoms with van der Waals surface area (Å²) < 4.78 is 16.8.